The monoisotopic (exact) mass is 240 g/mol. The average molecular weight is 240 g/mol. The third-order valence-corrected chi connectivity index (χ3v) is 2.64. The van der Waals surface area contributed by atoms with E-state index in [0.29, 0.717) is 0 Å². The highest BCUT2D eigenvalue weighted by Crippen LogP contribution is 2.34. The number of hydrogen-bond donors (Lipinski definition) is 2. The number of carboxylic acid groups (broad SMARTS) is 2. The van der Waals surface area contributed by atoms with Gasteiger partial charge in [-0.3, -0.25) is 4.79 Å². The Morgan fingerprint density at radius 3 is 2.35 bits per heavy atom. The molecule has 0 aliphatic heterocycles. The summed E-state index contributed by atoms with van der Waals surface area (Å²) in [6.07, 6.45) is 2.24. The molecule has 92 valence electrons. The van der Waals surface area contributed by atoms with Crippen LogP contribution in [0.5, 0.6) is 0 Å². The van der Waals surface area contributed by atoms with E-state index in [4.69, 9.17) is 10.2 Å². The third kappa shape index (κ3) is 2.35. The number of carboxylic acids is 2. The highest BCUT2D eigenvalue weighted by atomic mass is 16.5. The molecular formula is C11H12O6. The van der Waals surface area contributed by atoms with Gasteiger partial charge in [-0.25, -0.2) is 9.59 Å². The summed E-state index contributed by atoms with van der Waals surface area (Å²) >= 11 is 0. The van der Waals surface area contributed by atoms with Crippen molar-refractivity contribution < 1.29 is 29.3 Å². The molecule has 1 atom stereocenters. The first-order valence-corrected chi connectivity index (χ1v) is 4.79. The highest BCUT2D eigenvalue weighted by molar-refractivity contribution is 6.03. The quantitative estimate of drug-likeness (QED) is 0.700. The first-order valence-electron chi connectivity index (χ1n) is 4.79. The number of hydrogen-bond acceptors (Lipinski definition) is 4. The standard InChI is InChI=1S/C11H12O6/c1-11(10(15)16)4-3-6(9(14)17-2)7(5-11)8(12)13/h3-4H,5H2,1-2H3,(H,12,13)(H,15,16). The molecule has 6 heteroatoms. The van der Waals surface area contributed by atoms with Crippen molar-refractivity contribution in [3.05, 3.63) is 23.3 Å². The fraction of sp³-hybridized carbons (Fsp3) is 0.364. The van der Waals surface area contributed by atoms with Crippen LogP contribution in [0.4, 0.5) is 0 Å². The van der Waals surface area contributed by atoms with Gasteiger partial charge in [-0.1, -0.05) is 12.2 Å². The first kappa shape index (κ1) is 13.0. The summed E-state index contributed by atoms with van der Waals surface area (Å²) < 4.78 is 4.44. The van der Waals surface area contributed by atoms with Crippen molar-refractivity contribution >= 4 is 17.9 Å². The zero-order valence-electron chi connectivity index (χ0n) is 9.39. The molecule has 1 rings (SSSR count). The van der Waals surface area contributed by atoms with Gasteiger partial charge in [0.25, 0.3) is 0 Å². The van der Waals surface area contributed by atoms with E-state index in [1.54, 1.807) is 0 Å². The molecule has 0 bridgehead atoms. The van der Waals surface area contributed by atoms with Gasteiger partial charge in [0.2, 0.25) is 0 Å². The lowest BCUT2D eigenvalue weighted by molar-refractivity contribution is -0.146. The molecule has 0 spiro atoms. The van der Waals surface area contributed by atoms with Crippen LogP contribution in [0.3, 0.4) is 0 Å². The zero-order chi connectivity index (χ0) is 13.2. The summed E-state index contributed by atoms with van der Waals surface area (Å²) in [6, 6.07) is 0. The maximum atomic E-state index is 11.3. The van der Waals surface area contributed by atoms with E-state index in [9.17, 15) is 14.4 Å². The molecule has 0 radical (unpaired) electrons. The Morgan fingerprint density at radius 2 is 1.94 bits per heavy atom. The molecule has 2 N–H and O–H groups in total. The summed E-state index contributed by atoms with van der Waals surface area (Å²) in [5.41, 5.74) is -1.67. The number of carbonyl (C=O) groups excluding carboxylic acids is 1. The molecule has 1 unspecified atom stereocenters. The molecule has 0 aromatic carbocycles. The summed E-state index contributed by atoms with van der Waals surface area (Å²) in [4.78, 5) is 33.3. The predicted octanol–water partition coefficient (Wildman–Crippen LogP) is 0.591. The number of aliphatic carboxylic acids is 2. The maximum Gasteiger partial charge on any atom is 0.338 e. The van der Waals surface area contributed by atoms with Crippen LogP contribution in [0.1, 0.15) is 13.3 Å². The van der Waals surface area contributed by atoms with Gasteiger partial charge < -0.3 is 14.9 Å². The van der Waals surface area contributed by atoms with Crippen molar-refractivity contribution in [1.82, 2.24) is 0 Å². The normalized spacial score (nSPS) is 23.4. The lowest BCUT2D eigenvalue weighted by Gasteiger charge is -2.25. The number of rotatable bonds is 3. The van der Waals surface area contributed by atoms with Crippen molar-refractivity contribution in [2.24, 2.45) is 5.41 Å². The van der Waals surface area contributed by atoms with E-state index in [2.05, 4.69) is 4.74 Å². The van der Waals surface area contributed by atoms with Crippen molar-refractivity contribution in [2.45, 2.75) is 13.3 Å². The Hall–Kier alpha value is -2.11. The minimum absolute atomic E-state index is 0.112. The van der Waals surface area contributed by atoms with Crippen LogP contribution in [0.15, 0.2) is 23.3 Å². The van der Waals surface area contributed by atoms with Gasteiger partial charge in [0, 0.05) is 0 Å². The minimum Gasteiger partial charge on any atom is -0.481 e. The molecule has 1 aliphatic carbocycles. The predicted molar refractivity (Wildman–Crippen MR) is 56.2 cm³/mol. The van der Waals surface area contributed by atoms with Gasteiger partial charge in [-0.2, -0.15) is 0 Å². The second kappa shape index (κ2) is 4.40. The van der Waals surface area contributed by atoms with Crippen molar-refractivity contribution in [3.8, 4) is 0 Å². The number of carbonyl (C=O) groups is 3. The van der Waals surface area contributed by atoms with Crippen LogP contribution < -0.4 is 0 Å². The average Bonchev–Trinajstić information content (AvgIpc) is 2.27. The Morgan fingerprint density at radius 1 is 1.35 bits per heavy atom. The van der Waals surface area contributed by atoms with Crippen LogP contribution in [-0.2, 0) is 19.1 Å². The van der Waals surface area contributed by atoms with Crippen LogP contribution in [0, 0.1) is 5.41 Å². The van der Waals surface area contributed by atoms with E-state index >= 15 is 0 Å². The summed E-state index contributed by atoms with van der Waals surface area (Å²) in [7, 11) is 1.13. The Labute approximate surface area is 97.2 Å². The van der Waals surface area contributed by atoms with E-state index in [1.165, 1.54) is 19.1 Å². The fourth-order valence-electron chi connectivity index (χ4n) is 1.53. The van der Waals surface area contributed by atoms with E-state index < -0.39 is 23.3 Å². The highest BCUT2D eigenvalue weighted by Gasteiger charge is 2.38. The van der Waals surface area contributed by atoms with Gasteiger partial charge in [-0.15, -0.1) is 0 Å². The Bertz CT molecular complexity index is 445. The molecule has 6 nitrogen and oxygen atoms in total. The van der Waals surface area contributed by atoms with Crippen LogP contribution >= 0.6 is 0 Å². The molecule has 1 aliphatic rings. The Balaban J connectivity index is 3.22. The van der Waals surface area contributed by atoms with Gasteiger partial charge in [0.05, 0.1) is 23.7 Å². The molecular weight excluding hydrogens is 228 g/mol. The third-order valence-electron chi connectivity index (χ3n) is 2.64. The zero-order valence-corrected chi connectivity index (χ0v) is 9.39. The number of esters is 1. The van der Waals surface area contributed by atoms with Crippen molar-refractivity contribution in [2.75, 3.05) is 7.11 Å². The lowest BCUT2D eigenvalue weighted by Crippen LogP contribution is -2.31. The van der Waals surface area contributed by atoms with Gasteiger partial charge in [0.15, 0.2) is 0 Å². The van der Waals surface area contributed by atoms with Crippen LogP contribution in [0.2, 0.25) is 0 Å². The largest absolute Gasteiger partial charge is 0.481 e. The van der Waals surface area contributed by atoms with Gasteiger partial charge in [-0.05, 0) is 13.3 Å². The van der Waals surface area contributed by atoms with Crippen LogP contribution in [0.25, 0.3) is 0 Å². The first-order chi connectivity index (χ1) is 7.81. The SMILES string of the molecule is COC(=O)C1=C(C(=O)O)CC(C)(C(=O)O)C=C1. The van der Waals surface area contributed by atoms with Crippen LogP contribution in [-0.4, -0.2) is 35.2 Å². The molecule has 17 heavy (non-hydrogen) atoms. The maximum absolute atomic E-state index is 11.3. The fourth-order valence-corrected chi connectivity index (χ4v) is 1.53. The van der Waals surface area contributed by atoms with Crippen molar-refractivity contribution in [3.63, 3.8) is 0 Å². The lowest BCUT2D eigenvalue weighted by atomic mass is 9.78. The molecule has 0 aromatic rings. The van der Waals surface area contributed by atoms with Crippen molar-refractivity contribution in [1.29, 1.82) is 0 Å². The minimum atomic E-state index is -1.32. The smallest absolute Gasteiger partial charge is 0.338 e. The number of methoxy groups -OCH3 is 1. The molecule has 0 amide bonds. The van der Waals surface area contributed by atoms with Gasteiger partial charge in [0.1, 0.15) is 0 Å². The topological polar surface area (TPSA) is 101 Å². The molecule has 0 saturated carbocycles. The van der Waals surface area contributed by atoms with Gasteiger partial charge >= 0.3 is 17.9 Å². The Kier molecular flexibility index (Phi) is 3.36. The second-order valence-corrected chi connectivity index (χ2v) is 3.92. The van der Waals surface area contributed by atoms with E-state index in [0.717, 1.165) is 7.11 Å². The summed E-state index contributed by atoms with van der Waals surface area (Å²) in [5, 5.41) is 18.0. The van der Waals surface area contributed by atoms with E-state index in [1.807, 2.05) is 0 Å². The molecule has 0 aromatic heterocycles. The second-order valence-electron chi connectivity index (χ2n) is 3.92. The molecule has 0 fully saturated rings. The van der Waals surface area contributed by atoms with E-state index in [-0.39, 0.29) is 17.6 Å². The summed E-state index contributed by atoms with van der Waals surface area (Å²) in [5.74, 6) is -3.25. The molecule has 0 heterocycles. The molecule has 0 saturated heterocycles. The number of ether oxygens (including phenoxy) is 1. The summed E-state index contributed by atoms with van der Waals surface area (Å²) in [6.45, 7) is 1.39.